The summed E-state index contributed by atoms with van der Waals surface area (Å²) < 4.78 is 12.8. The van der Waals surface area contributed by atoms with Crippen molar-refractivity contribution in [3.8, 4) is 0 Å². The second kappa shape index (κ2) is 3.91. The number of rotatable bonds is 4. The molecule has 1 aliphatic rings. The van der Waals surface area contributed by atoms with Crippen LogP contribution in [0.2, 0.25) is 0 Å². The molecule has 0 N–H and O–H groups in total. The van der Waals surface area contributed by atoms with E-state index in [0.29, 0.717) is 12.3 Å². The van der Waals surface area contributed by atoms with Crippen molar-refractivity contribution < 1.29 is 9.18 Å². The first-order valence-electron chi connectivity index (χ1n) is 4.99. The van der Waals surface area contributed by atoms with Gasteiger partial charge >= 0.3 is 0 Å². The van der Waals surface area contributed by atoms with Gasteiger partial charge in [-0.2, -0.15) is 0 Å². The predicted octanol–water partition coefficient (Wildman–Crippen LogP) is 2.59. The van der Waals surface area contributed by atoms with Gasteiger partial charge in [0, 0.05) is 5.92 Å². The van der Waals surface area contributed by atoms with Crippen molar-refractivity contribution in [3.05, 3.63) is 35.6 Å². The van der Waals surface area contributed by atoms with Crippen molar-refractivity contribution in [2.24, 2.45) is 11.8 Å². The van der Waals surface area contributed by atoms with Crippen molar-refractivity contribution >= 4 is 6.29 Å². The molecule has 0 saturated heterocycles. The van der Waals surface area contributed by atoms with Gasteiger partial charge in [0.1, 0.15) is 12.1 Å². The van der Waals surface area contributed by atoms with Crippen LogP contribution < -0.4 is 0 Å². The van der Waals surface area contributed by atoms with Gasteiger partial charge in [-0.25, -0.2) is 4.39 Å². The van der Waals surface area contributed by atoms with Crippen molar-refractivity contribution in [2.75, 3.05) is 0 Å². The standard InChI is InChI=1S/C12H13FO/c13-12-3-1-2-9(7-12)6-11(8-14)10-4-5-10/h1-3,7-8,10-11H,4-6H2. The van der Waals surface area contributed by atoms with Crippen LogP contribution in [0.3, 0.4) is 0 Å². The SMILES string of the molecule is O=CC(Cc1cccc(F)c1)C1CC1. The molecule has 2 rings (SSSR count). The number of hydrogen-bond acceptors (Lipinski definition) is 1. The molecule has 0 bridgehead atoms. The zero-order chi connectivity index (χ0) is 9.97. The highest BCUT2D eigenvalue weighted by Gasteiger charge is 2.30. The molecule has 1 unspecified atom stereocenters. The number of carbonyl (C=O) groups excluding carboxylic acids is 1. The minimum absolute atomic E-state index is 0.0943. The van der Waals surface area contributed by atoms with Crippen molar-refractivity contribution in [2.45, 2.75) is 19.3 Å². The lowest BCUT2D eigenvalue weighted by atomic mass is 9.96. The molecule has 0 aliphatic heterocycles. The van der Waals surface area contributed by atoms with Gasteiger partial charge < -0.3 is 4.79 Å². The highest BCUT2D eigenvalue weighted by atomic mass is 19.1. The Kier molecular flexibility index (Phi) is 2.62. The van der Waals surface area contributed by atoms with Crippen LogP contribution in [-0.4, -0.2) is 6.29 Å². The zero-order valence-corrected chi connectivity index (χ0v) is 7.95. The lowest BCUT2D eigenvalue weighted by Crippen LogP contribution is -2.08. The molecule has 1 fully saturated rings. The molecule has 1 aliphatic carbocycles. The molecule has 74 valence electrons. The quantitative estimate of drug-likeness (QED) is 0.670. The van der Waals surface area contributed by atoms with Gasteiger partial charge in [0.25, 0.3) is 0 Å². The van der Waals surface area contributed by atoms with Gasteiger partial charge in [-0.05, 0) is 42.9 Å². The molecule has 1 atom stereocenters. The Balaban J connectivity index is 2.04. The fourth-order valence-corrected chi connectivity index (χ4v) is 1.79. The van der Waals surface area contributed by atoms with Crippen LogP contribution >= 0.6 is 0 Å². The summed E-state index contributed by atoms with van der Waals surface area (Å²) in [4.78, 5) is 10.8. The van der Waals surface area contributed by atoms with Crippen LogP contribution in [0.1, 0.15) is 18.4 Å². The molecule has 0 spiro atoms. The Morgan fingerprint density at radius 2 is 2.29 bits per heavy atom. The van der Waals surface area contributed by atoms with Crippen LogP contribution in [0.25, 0.3) is 0 Å². The van der Waals surface area contributed by atoms with Gasteiger partial charge in [-0.1, -0.05) is 12.1 Å². The maximum Gasteiger partial charge on any atom is 0.123 e. The maximum absolute atomic E-state index is 12.8. The van der Waals surface area contributed by atoms with Crippen LogP contribution in [0.5, 0.6) is 0 Å². The summed E-state index contributed by atoms with van der Waals surface area (Å²) in [5.41, 5.74) is 0.925. The maximum atomic E-state index is 12.8. The average Bonchev–Trinajstić information content (AvgIpc) is 2.97. The van der Waals surface area contributed by atoms with E-state index in [2.05, 4.69) is 0 Å². The van der Waals surface area contributed by atoms with E-state index in [1.54, 1.807) is 6.07 Å². The van der Waals surface area contributed by atoms with Crippen LogP contribution in [0, 0.1) is 17.7 Å². The number of halogens is 1. The van der Waals surface area contributed by atoms with Crippen LogP contribution in [0.4, 0.5) is 4.39 Å². The van der Waals surface area contributed by atoms with E-state index in [4.69, 9.17) is 0 Å². The van der Waals surface area contributed by atoms with Gasteiger partial charge in [-0.15, -0.1) is 0 Å². The third-order valence-electron chi connectivity index (χ3n) is 2.76. The third kappa shape index (κ3) is 2.19. The highest BCUT2D eigenvalue weighted by molar-refractivity contribution is 5.55. The first kappa shape index (κ1) is 9.38. The summed E-state index contributed by atoms with van der Waals surface area (Å²) in [5.74, 6) is 0.426. The summed E-state index contributed by atoms with van der Waals surface area (Å²) in [5, 5.41) is 0. The normalized spacial score (nSPS) is 17.8. The molecule has 1 nitrogen and oxygen atoms in total. The van der Waals surface area contributed by atoms with Crippen LogP contribution in [-0.2, 0) is 11.2 Å². The van der Waals surface area contributed by atoms with E-state index in [1.165, 1.54) is 12.1 Å². The average molecular weight is 192 g/mol. The molecule has 0 heterocycles. The molecule has 1 saturated carbocycles. The van der Waals surface area contributed by atoms with Crippen molar-refractivity contribution in [3.63, 3.8) is 0 Å². The molecule has 2 heteroatoms. The molecule has 14 heavy (non-hydrogen) atoms. The van der Waals surface area contributed by atoms with E-state index in [9.17, 15) is 9.18 Å². The van der Waals surface area contributed by atoms with Gasteiger partial charge in [0.15, 0.2) is 0 Å². The largest absolute Gasteiger partial charge is 0.303 e. The minimum atomic E-state index is -0.219. The Morgan fingerprint density at radius 1 is 1.50 bits per heavy atom. The smallest absolute Gasteiger partial charge is 0.123 e. The number of hydrogen-bond donors (Lipinski definition) is 0. The summed E-state index contributed by atoms with van der Waals surface area (Å²) in [6.45, 7) is 0. The molecule has 1 aromatic rings. The fourth-order valence-electron chi connectivity index (χ4n) is 1.79. The van der Waals surface area contributed by atoms with Gasteiger partial charge in [-0.3, -0.25) is 0 Å². The van der Waals surface area contributed by atoms with E-state index in [-0.39, 0.29) is 11.7 Å². The van der Waals surface area contributed by atoms with Gasteiger partial charge in [0.05, 0.1) is 0 Å². The predicted molar refractivity (Wildman–Crippen MR) is 52.4 cm³/mol. The molecule has 0 amide bonds. The number of benzene rings is 1. The Morgan fingerprint density at radius 3 is 2.86 bits per heavy atom. The lowest BCUT2D eigenvalue weighted by molar-refractivity contribution is -0.111. The fraction of sp³-hybridized carbons (Fsp3) is 0.417. The summed E-state index contributed by atoms with van der Waals surface area (Å²) in [6, 6.07) is 6.51. The highest BCUT2D eigenvalue weighted by Crippen LogP contribution is 2.37. The minimum Gasteiger partial charge on any atom is -0.303 e. The summed E-state index contributed by atoms with van der Waals surface area (Å²) >= 11 is 0. The second-order valence-electron chi connectivity index (χ2n) is 3.97. The summed E-state index contributed by atoms with van der Waals surface area (Å²) in [6.07, 6.45) is 4.01. The van der Waals surface area contributed by atoms with Crippen molar-refractivity contribution in [1.82, 2.24) is 0 Å². The number of carbonyl (C=O) groups is 1. The monoisotopic (exact) mass is 192 g/mol. The van der Waals surface area contributed by atoms with Gasteiger partial charge in [0.2, 0.25) is 0 Å². The Bertz CT molecular complexity index is 331. The van der Waals surface area contributed by atoms with E-state index < -0.39 is 0 Å². The van der Waals surface area contributed by atoms with E-state index in [1.807, 2.05) is 6.07 Å². The molecular formula is C12H13FO. The van der Waals surface area contributed by atoms with Crippen LogP contribution in [0.15, 0.2) is 24.3 Å². The zero-order valence-electron chi connectivity index (χ0n) is 7.95. The Hall–Kier alpha value is -1.18. The Labute approximate surface area is 82.9 Å². The lowest BCUT2D eigenvalue weighted by Gasteiger charge is -2.08. The topological polar surface area (TPSA) is 17.1 Å². The van der Waals surface area contributed by atoms with E-state index >= 15 is 0 Å². The molecule has 0 aromatic heterocycles. The third-order valence-corrected chi connectivity index (χ3v) is 2.76. The van der Waals surface area contributed by atoms with E-state index in [0.717, 1.165) is 24.7 Å². The number of aldehydes is 1. The summed E-state index contributed by atoms with van der Waals surface area (Å²) in [7, 11) is 0. The molecule has 0 radical (unpaired) electrons. The second-order valence-corrected chi connectivity index (χ2v) is 3.97. The van der Waals surface area contributed by atoms with Crippen molar-refractivity contribution in [1.29, 1.82) is 0 Å². The molecular weight excluding hydrogens is 179 g/mol. The first-order valence-corrected chi connectivity index (χ1v) is 4.99. The molecule has 1 aromatic carbocycles. The first-order chi connectivity index (χ1) is 6.79.